The van der Waals surface area contributed by atoms with Gasteiger partial charge in [0.15, 0.2) is 11.6 Å². The molecule has 2 heterocycles. The average Bonchev–Trinajstić information content (AvgIpc) is 3.24. The summed E-state index contributed by atoms with van der Waals surface area (Å²) >= 11 is 14.0. The molecule has 2 N–H and O–H groups in total. The number of thiazole rings is 1. The average molecular weight is 407 g/mol. The van der Waals surface area contributed by atoms with Gasteiger partial charge in [0, 0.05) is 12.8 Å². The standard InChI is InChI=1S/C19H17Cl2N3OS/c20-12-5-3-6-13(21)18(12)23-17(25)11-24-10-4-8-15(24)19-22-14-7-1-2-9-16(14)26-19/h1-3,5-7,9,15H,4,8,10-11H2,(H,23,25)/p+1/t15-/m0/s1. The molecule has 1 saturated heterocycles. The summed E-state index contributed by atoms with van der Waals surface area (Å²) in [6, 6.07) is 13.6. The third kappa shape index (κ3) is 3.58. The van der Waals surface area contributed by atoms with Gasteiger partial charge in [0.2, 0.25) is 0 Å². The third-order valence-corrected chi connectivity index (χ3v) is 6.49. The lowest BCUT2D eigenvalue weighted by molar-refractivity contribution is -0.910. The number of rotatable bonds is 4. The molecule has 4 nitrogen and oxygen atoms in total. The largest absolute Gasteiger partial charge is 0.319 e. The molecule has 4 rings (SSSR count). The van der Waals surface area contributed by atoms with E-state index in [4.69, 9.17) is 28.2 Å². The molecular formula is C19H18Cl2N3OS+. The van der Waals surface area contributed by atoms with Crippen molar-refractivity contribution in [3.63, 3.8) is 0 Å². The molecule has 1 aliphatic heterocycles. The van der Waals surface area contributed by atoms with E-state index in [1.807, 2.05) is 18.2 Å². The maximum absolute atomic E-state index is 12.6. The fourth-order valence-corrected chi connectivity index (χ4v) is 5.12. The number of aromatic nitrogens is 1. The molecule has 0 spiro atoms. The van der Waals surface area contributed by atoms with Crippen molar-refractivity contribution in [3.05, 3.63) is 57.5 Å². The Morgan fingerprint density at radius 2 is 1.96 bits per heavy atom. The molecule has 2 aromatic carbocycles. The first kappa shape index (κ1) is 17.7. The zero-order chi connectivity index (χ0) is 18.1. The number of benzene rings is 2. The van der Waals surface area contributed by atoms with E-state index in [0.29, 0.717) is 22.3 Å². The number of hydrogen-bond donors (Lipinski definition) is 2. The highest BCUT2D eigenvalue weighted by Crippen LogP contribution is 2.30. The van der Waals surface area contributed by atoms with Crippen LogP contribution in [0.3, 0.4) is 0 Å². The van der Waals surface area contributed by atoms with Crippen LogP contribution in [0, 0.1) is 0 Å². The second kappa shape index (κ2) is 7.53. The molecule has 0 saturated carbocycles. The predicted molar refractivity (Wildman–Crippen MR) is 107 cm³/mol. The number of anilines is 1. The van der Waals surface area contributed by atoms with Crippen LogP contribution in [0.1, 0.15) is 23.9 Å². The van der Waals surface area contributed by atoms with Gasteiger partial charge in [-0.3, -0.25) is 4.79 Å². The summed E-state index contributed by atoms with van der Waals surface area (Å²) in [5.74, 6) is -0.0805. The predicted octanol–water partition coefficient (Wildman–Crippen LogP) is 3.96. The summed E-state index contributed by atoms with van der Waals surface area (Å²) in [6.07, 6.45) is 2.14. The van der Waals surface area contributed by atoms with Gasteiger partial charge >= 0.3 is 0 Å². The van der Waals surface area contributed by atoms with Crippen LogP contribution >= 0.6 is 34.5 Å². The zero-order valence-electron chi connectivity index (χ0n) is 14.0. The number of carbonyl (C=O) groups excluding carboxylic acids is 1. The van der Waals surface area contributed by atoms with E-state index in [1.165, 1.54) is 9.60 Å². The summed E-state index contributed by atoms with van der Waals surface area (Å²) in [5.41, 5.74) is 1.52. The third-order valence-electron chi connectivity index (χ3n) is 4.71. The molecule has 1 aliphatic rings. The van der Waals surface area contributed by atoms with Gasteiger partial charge in [-0.1, -0.05) is 41.4 Å². The monoisotopic (exact) mass is 406 g/mol. The molecule has 1 unspecified atom stereocenters. The maximum Gasteiger partial charge on any atom is 0.279 e. The Balaban J connectivity index is 1.49. The highest BCUT2D eigenvalue weighted by Gasteiger charge is 2.34. The van der Waals surface area contributed by atoms with Crippen molar-refractivity contribution in [2.45, 2.75) is 18.9 Å². The van der Waals surface area contributed by atoms with Crippen LogP contribution in [0.15, 0.2) is 42.5 Å². The van der Waals surface area contributed by atoms with Crippen LogP contribution in [-0.2, 0) is 4.79 Å². The van der Waals surface area contributed by atoms with Crippen molar-refractivity contribution in [1.82, 2.24) is 4.98 Å². The SMILES string of the molecule is O=C(C[NH+]1CCC[C@H]1c1nc2ccccc2s1)Nc1c(Cl)cccc1Cl. The first-order valence-electron chi connectivity index (χ1n) is 8.56. The normalized spacial score (nSPS) is 19.8. The Morgan fingerprint density at radius 3 is 2.73 bits per heavy atom. The van der Waals surface area contributed by atoms with E-state index in [2.05, 4.69) is 11.4 Å². The van der Waals surface area contributed by atoms with Crippen LogP contribution < -0.4 is 10.2 Å². The minimum absolute atomic E-state index is 0.0805. The van der Waals surface area contributed by atoms with Crippen LogP contribution in [0.25, 0.3) is 10.2 Å². The van der Waals surface area contributed by atoms with Crippen LogP contribution in [0.4, 0.5) is 5.69 Å². The van der Waals surface area contributed by atoms with Crippen molar-refractivity contribution in [1.29, 1.82) is 0 Å². The zero-order valence-corrected chi connectivity index (χ0v) is 16.3. The van der Waals surface area contributed by atoms with E-state index in [9.17, 15) is 4.79 Å². The molecule has 1 amide bonds. The van der Waals surface area contributed by atoms with Gasteiger partial charge < -0.3 is 10.2 Å². The highest BCUT2D eigenvalue weighted by atomic mass is 35.5. The summed E-state index contributed by atoms with van der Waals surface area (Å²) < 4.78 is 1.20. The summed E-state index contributed by atoms with van der Waals surface area (Å²) in [6.45, 7) is 1.34. The van der Waals surface area contributed by atoms with E-state index in [-0.39, 0.29) is 11.9 Å². The van der Waals surface area contributed by atoms with Crippen LogP contribution in [-0.4, -0.2) is 24.0 Å². The van der Waals surface area contributed by atoms with Gasteiger partial charge in [0.1, 0.15) is 6.04 Å². The number of nitrogens with one attached hydrogen (secondary N) is 2. The van der Waals surface area contributed by atoms with Gasteiger partial charge in [0.25, 0.3) is 5.91 Å². The van der Waals surface area contributed by atoms with Gasteiger partial charge in [-0.25, -0.2) is 4.98 Å². The Bertz CT molecular complexity index is 906. The fourth-order valence-electron chi connectivity index (χ4n) is 3.47. The van der Waals surface area contributed by atoms with E-state index in [0.717, 1.165) is 29.9 Å². The Labute approximate surface area is 165 Å². The van der Waals surface area contributed by atoms with E-state index in [1.54, 1.807) is 29.5 Å². The topological polar surface area (TPSA) is 46.4 Å². The molecule has 2 atom stereocenters. The number of likely N-dealkylation sites (tertiary alicyclic amines) is 1. The van der Waals surface area contributed by atoms with Crippen molar-refractivity contribution in [3.8, 4) is 0 Å². The fraction of sp³-hybridized carbons (Fsp3) is 0.263. The Morgan fingerprint density at radius 1 is 1.19 bits per heavy atom. The number of para-hydroxylation sites is 2. The molecule has 134 valence electrons. The van der Waals surface area contributed by atoms with Crippen molar-refractivity contribution in [2.24, 2.45) is 0 Å². The number of hydrogen-bond acceptors (Lipinski definition) is 3. The number of quaternary nitrogens is 1. The molecule has 1 aromatic heterocycles. The Hall–Kier alpha value is -1.66. The molecule has 0 aliphatic carbocycles. The van der Waals surface area contributed by atoms with Gasteiger partial charge in [-0.05, 0) is 24.3 Å². The van der Waals surface area contributed by atoms with E-state index >= 15 is 0 Å². The number of amides is 1. The first-order chi connectivity index (χ1) is 12.6. The number of nitrogens with zero attached hydrogens (tertiary/aromatic N) is 1. The van der Waals surface area contributed by atoms with Gasteiger partial charge in [-0.15, -0.1) is 11.3 Å². The summed E-state index contributed by atoms with van der Waals surface area (Å²) in [5, 5.41) is 4.87. The minimum atomic E-state index is -0.0805. The molecule has 0 bridgehead atoms. The lowest BCUT2D eigenvalue weighted by Crippen LogP contribution is -3.11. The molecule has 3 aromatic rings. The summed E-state index contributed by atoms with van der Waals surface area (Å²) in [7, 11) is 0. The molecule has 7 heteroatoms. The highest BCUT2D eigenvalue weighted by molar-refractivity contribution is 7.18. The van der Waals surface area contributed by atoms with Crippen LogP contribution in [0.5, 0.6) is 0 Å². The quantitative estimate of drug-likeness (QED) is 0.688. The summed E-state index contributed by atoms with van der Waals surface area (Å²) in [4.78, 5) is 18.6. The molecular weight excluding hydrogens is 389 g/mol. The molecule has 0 radical (unpaired) electrons. The number of halogens is 2. The van der Waals surface area contributed by atoms with Crippen molar-refractivity contribution >= 4 is 56.3 Å². The van der Waals surface area contributed by atoms with Crippen molar-refractivity contribution in [2.75, 3.05) is 18.4 Å². The van der Waals surface area contributed by atoms with Gasteiger partial charge in [-0.2, -0.15) is 0 Å². The lowest BCUT2D eigenvalue weighted by atomic mass is 10.2. The molecule has 1 fully saturated rings. The first-order valence-corrected chi connectivity index (χ1v) is 10.1. The second-order valence-electron chi connectivity index (χ2n) is 6.44. The number of carbonyl (C=O) groups is 1. The molecule has 26 heavy (non-hydrogen) atoms. The second-order valence-corrected chi connectivity index (χ2v) is 8.32. The smallest absolute Gasteiger partial charge is 0.279 e. The van der Waals surface area contributed by atoms with Crippen LogP contribution in [0.2, 0.25) is 10.0 Å². The Kier molecular flexibility index (Phi) is 5.14. The van der Waals surface area contributed by atoms with Crippen molar-refractivity contribution < 1.29 is 9.69 Å². The van der Waals surface area contributed by atoms with Gasteiger partial charge in [0.05, 0.1) is 32.5 Å². The number of fused-ring (bicyclic) bond motifs is 1. The lowest BCUT2D eigenvalue weighted by Gasteiger charge is -2.19. The van der Waals surface area contributed by atoms with E-state index < -0.39 is 0 Å². The minimum Gasteiger partial charge on any atom is -0.319 e. The maximum atomic E-state index is 12.6.